The maximum absolute atomic E-state index is 13.3. The summed E-state index contributed by atoms with van der Waals surface area (Å²) < 4.78 is 12.1. The largest absolute Gasteiger partial charge is 0.490 e. The zero-order chi connectivity index (χ0) is 23.5. The van der Waals surface area contributed by atoms with Gasteiger partial charge in [0.2, 0.25) is 5.91 Å². The van der Waals surface area contributed by atoms with E-state index in [1.165, 1.54) is 0 Å². The van der Waals surface area contributed by atoms with E-state index in [9.17, 15) is 14.4 Å². The van der Waals surface area contributed by atoms with Crippen molar-refractivity contribution in [1.29, 1.82) is 0 Å². The molecule has 2 aromatic rings. The number of anilines is 1. The minimum atomic E-state index is -0.365. The first kappa shape index (κ1) is 23.1. The minimum absolute atomic E-state index is 0.0774. The van der Waals surface area contributed by atoms with Crippen LogP contribution in [0, 0.1) is 0 Å². The smallest absolute Gasteiger partial charge is 0.257 e. The number of hydrogen-bond donors (Lipinski definition) is 2. The molecule has 2 aliphatic rings. The maximum Gasteiger partial charge on any atom is 0.257 e. The van der Waals surface area contributed by atoms with E-state index in [1.54, 1.807) is 61.5 Å². The highest BCUT2D eigenvalue weighted by atomic mass is 35.5. The summed E-state index contributed by atoms with van der Waals surface area (Å²) >= 11 is 6.12. The molecule has 0 radical (unpaired) electrons. The number of nitrogens with zero attached hydrogens (tertiary/aromatic N) is 1. The third-order valence-electron chi connectivity index (χ3n) is 6.08. The van der Waals surface area contributed by atoms with Gasteiger partial charge in [0.15, 0.2) is 0 Å². The molecule has 1 saturated heterocycles. The average Bonchev–Trinajstić information content (AvgIpc) is 2.82. The highest BCUT2D eigenvalue weighted by Crippen LogP contribution is 2.32. The topological polar surface area (TPSA) is 97.0 Å². The molecule has 0 aliphatic carbocycles. The van der Waals surface area contributed by atoms with E-state index in [0.29, 0.717) is 40.4 Å². The summed E-state index contributed by atoms with van der Waals surface area (Å²) in [4.78, 5) is 39.3. The summed E-state index contributed by atoms with van der Waals surface area (Å²) in [6.45, 7) is 0.255. The molecule has 33 heavy (non-hydrogen) atoms. The van der Waals surface area contributed by atoms with Gasteiger partial charge in [-0.1, -0.05) is 23.7 Å². The second kappa shape index (κ2) is 9.80. The Labute approximate surface area is 197 Å². The molecular formula is C24H26ClN3O5. The molecule has 3 amide bonds. The number of likely N-dealkylation sites (N-methyl/N-ethyl adjacent to an activating group) is 1. The van der Waals surface area contributed by atoms with Gasteiger partial charge in [-0.2, -0.15) is 0 Å². The van der Waals surface area contributed by atoms with Crippen LogP contribution in [0.15, 0.2) is 42.5 Å². The number of amides is 3. The van der Waals surface area contributed by atoms with Gasteiger partial charge in [-0.15, -0.1) is 0 Å². The Morgan fingerprint density at radius 2 is 1.97 bits per heavy atom. The van der Waals surface area contributed by atoms with Gasteiger partial charge < -0.3 is 25.0 Å². The molecule has 2 aromatic carbocycles. The fourth-order valence-corrected chi connectivity index (χ4v) is 4.48. The predicted molar refractivity (Wildman–Crippen MR) is 124 cm³/mol. The summed E-state index contributed by atoms with van der Waals surface area (Å²) in [5.74, 6) is -0.248. The molecule has 2 N–H and O–H groups in total. The van der Waals surface area contributed by atoms with Crippen LogP contribution in [0.3, 0.4) is 0 Å². The molecule has 0 spiro atoms. The molecule has 3 atom stereocenters. The molecule has 8 nitrogen and oxygen atoms in total. The summed E-state index contributed by atoms with van der Waals surface area (Å²) in [6, 6.07) is 11.5. The van der Waals surface area contributed by atoms with Gasteiger partial charge >= 0.3 is 0 Å². The van der Waals surface area contributed by atoms with Crippen molar-refractivity contribution in [2.45, 2.75) is 37.5 Å². The normalized spacial score (nSPS) is 22.2. The summed E-state index contributed by atoms with van der Waals surface area (Å²) in [5, 5.41) is 5.76. The number of ether oxygens (including phenoxy) is 2. The molecule has 9 heteroatoms. The molecule has 174 valence electrons. The third kappa shape index (κ3) is 4.96. The molecule has 4 rings (SSSR count). The van der Waals surface area contributed by atoms with Crippen LogP contribution in [0.4, 0.5) is 5.69 Å². The lowest BCUT2D eigenvalue weighted by molar-refractivity contribution is -0.133. The highest BCUT2D eigenvalue weighted by Gasteiger charge is 2.39. The van der Waals surface area contributed by atoms with Crippen LogP contribution in [-0.2, 0) is 9.53 Å². The summed E-state index contributed by atoms with van der Waals surface area (Å²) in [5.41, 5.74) is 1.17. The van der Waals surface area contributed by atoms with E-state index in [4.69, 9.17) is 21.1 Å². The van der Waals surface area contributed by atoms with Crippen molar-refractivity contribution < 1.29 is 23.9 Å². The first-order valence-corrected chi connectivity index (χ1v) is 11.2. The van der Waals surface area contributed by atoms with E-state index < -0.39 is 0 Å². The van der Waals surface area contributed by atoms with Crippen molar-refractivity contribution in [1.82, 2.24) is 10.2 Å². The summed E-state index contributed by atoms with van der Waals surface area (Å²) in [6.07, 6.45) is 1.11. The van der Waals surface area contributed by atoms with Gasteiger partial charge in [0.05, 0.1) is 34.7 Å². The van der Waals surface area contributed by atoms with Gasteiger partial charge in [0.25, 0.3) is 11.8 Å². The Morgan fingerprint density at radius 3 is 2.73 bits per heavy atom. The number of rotatable bonds is 4. The summed E-state index contributed by atoms with van der Waals surface area (Å²) in [7, 11) is 3.34. The zero-order valence-corrected chi connectivity index (χ0v) is 19.2. The molecule has 1 fully saturated rings. The first-order chi connectivity index (χ1) is 15.9. The van der Waals surface area contributed by atoms with Gasteiger partial charge in [-0.25, -0.2) is 0 Å². The number of carbonyl (C=O) groups is 3. The number of nitrogens with one attached hydrogen (secondary N) is 2. The number of carbonyl (C=O) groups excluding carboxylic acids is 3. The lowest BCUT2D eigenvalue weighted by Gasteiger charge is -2.42. The Hall–Kier alpha value is -3.10. The second-order valence-electron chi connectivity index (χ2n) is 8.19. The quantitative estimate of drug-likeness (QED) is 0.714. The number of hydrogen-bond acceptors (Lipinski definition) is 5. The van der Waals surface area contributed by atoms with Gasteiger partial charge in [-0.05, 0) is 43.2 Å². The number of fused-ring (bicyclic) bond motifs is 2. The van der Waals surface area contributed by atoms with Crippen molar-refractivity contribution in [3.05, 3.63) is 58.6 Å². The monoisotopic (exact) mass is 471 g/mol. The van der Waals surface area contributed by atoms with Crippen LogP contribution in [0.25, 0.3) is 0 Å². The van der Waals surface area contributed by atoms with Crippen LogP contribution >= 0.6 is 11.6 Å². The number of benzene rings is 2. The second-order valence-corrected chi connectivity index (χ2v) is 8.60. The SMILES string of the molecule is CNC(=O)C[C@H]1CC[C@H]2[C@@H](COc3ccc(NC(=O)c4ccccc4Cl)cc3C(=O)N2C)O1. The molecular weight excluding hydrogens is 446 g/mol. The van der Waals surface area contributed by atoms with Crippen LogP contribution < -0.4 is 15.4 Å². The first-order valence-electron chi connectivity index (χ1n) is 10.8. The fourth-order valence-electron chi connectivity index (χ4n) is 4.26. The molecule has 0 bridgehead atoms. The van der Waals surface area contributed by atoms with E-state index in [-0.39, 0.29) is 49.0 Å². The standard InChI is InChI=1S/C24H26ClN3O5/c1-26-22(29)12-15-8-9-19-21(33-15)13-32-20-10-7-14(11-17(20)24(31)28(19)2)27-23(30)16-5-3-4-6-18(16)25/h3-7,10-11,15,19,21H,8-9,12-13H2,1-2H3,(H,26,29)(H,27,30)/t15-,19+,21-/m1/s1. The Balaban J connectivity index is 1.52. The minimum Gasteiger partial charge on any atom is -0.490 e. The van der Waals surface area contributed by atoms with Crippen LogP contribution in [0.1, 0.15) is 40.0 Å². The van der Waals surface area contributed by atoms with Crippen molar-refractivity contribution in [2.75, 3.05) is 26.0 Å². The zero-order valence-electron chi connectivity index (χ0n) is 18.5. The van der Waals surface area contributed by atoms with E-state index in [2.05, 4.69) is 10.6 Å². The van der Waals surface area contributed by atoms with Crippen LogP contribution in [-0.4, -0.2) is 61.6 Å². The fraction of sp³-hybridized carbons (Fsp3) is 0.375. The molecule has 2 heterocycles. The van der Waals surface area contributed by atoms with Crippen LogP contribution in [0.5, 0.6) is 5.75 Å². The molecule has 0 aromatic heterocycles. The van der Waals surface area contributed by atoms with Gasteiger partial charge in [0, 0.05) is 19.8 Å². The van der Waals surface area contributed by atoms with Crippen molar-refractivity contribution in [3.63, 3.8) is 0 Å². The van der Waals surface area contributed by atoms with E-state index in [1.807, 2.05) is 0 Å². The van der Waals surface area contributed by atoms with Crippen molar-refractivity contribution in [2.24, 2.45) is 0 Å². The average molecular weight is 472 g/mol. The van der Waals surface area contributed by atoms with Crippen molar-refractivity contribution in [3.8, 4) is 5.75 Å². The Kier molecular flexibility index (Phi) is 6.85. The van der Waals surface area contributed by atoms with Crippen molar-refractivity contribution >= 4 is 35.0 Å². The maximum atomic E-state index is 13.3. The molecule has 0 saturated carbocycles. The van der Waals surface area contributed by atoms with E-state index in [0.717, 1.165) is 0 Å². The highest BCUT2D eigenvalue weighted by molar-refractivity contribution is 6.34. The Morgan fingerprint density at radius 1 is 1.18 bits per heavy atom. The lowest BCUT2D eigenvalue weighted by Crippen LogP contribution is -2.53. The predicted octanol–water partition coefficient (Wildman–Crippen LogP) is 3.11. The molecule has 0 unspecified atom stereocenters. The van der Waals surface area contributed by atoms with Gasteiger partial charge in [0.1, 0.15) is 18.5 Å². The van der Waals surface area contributed by atoms with Gasteiger partial charge in [-0.3, -0.25) is 14.4 Å². The molecule has 2 aliphatic heterocycles. The number of halogens is 1. The van der Waals surface area contributed by atoms with E-state index >= 15 is 0 Å². The third-order valence-corrected chi connectivity index (χ3v) is 6.41. The lowest BCUT2D eigenvalue weighted by atomic mass is 9.94. The Bertz CT molecular complexity index is 1080. The van der Waals surface area contributed by atoms with Crippen LogP contribution in [0.2, 0.25) is 5.02 Å².